The molecule has 19 heavy (non-hydrogen) atoms. The maximum atomic E-state index is 11.7. The Labute approximate surface area is 118 Å². The van der Waals surface area contributed by atoms with Gasteiger partial charge >= 0.3 is 0 Å². The molecule has 5 heteroatoms. The maximum absolute atomic E-state index is 11.7. The van der Waals surface area contributed by atoms with Gasteiger partial charge in [-0.15, -0.1) is 0 Å². The lowest BCUT2D eigenvalue weighted by Gasteiger charge is -2.14. The molecule has 0 heterocycles. The summed E-state index contributed by atoms with van der Waals surface area (Å²) in [5.41, 5.74) is 3.34. The van der Waals surface area contributed by atoms with E-state index in [0.717, 1.165) is 18.4 Å². The molecule has 1 atom stereocenters. The van der Waals surface area contributed by atoms with Gasteiger partial charge in [0.15, 0.2) is 6.10 Å². The second-order valence-corrected chi connectivity index (χ2v) is 4.68. The third-order valence-corrected chi connectivity index (χ3v) is 2.73. The second-order valence-electron chi connectivity index (χ2n) is 4.25. The molecule has 0 spiro atoms. The fourth-order valence-corrected chi connectivity index (χ4v) is 1.61. The standard InChI is InChI=1S/C14H19ClN2O2/c1-4-5-8-16-17-14(18)11(3)19-13-7-6-12(15)9-10(13)2/h6-9,11H,4-5H2,1-3H3,(H,17,18)/b16-8-/t11-/m1/s1. The zero-order valence-corrected chi connectivity index (χ0v) is 12.2. The number of amides is 1. The molecular weight excluding hydrogens is 264 g/mol. The molecule has 1 aromatic carbocycles. The Hall–Kier alpha value is -1.55. The monoisotopic (exact) mass is 282 g/mol. The highest BCUT2D eigenvalue weighted by molar-refractivity contribution is 6.30. The van der Waals surface area contributed by atoms with Gasteiger partial charge in [0.05, 0.1) is 0 Å². The van der Waals surface area contributed by atoms with E-state index in [-0.39, 0.29) is 5.91 Å². The summed E-state index contributed by atoms with van der Waals surface area (Å²) in [5.74, 6) is 0.367. The number of carbonyl (C=O) groups is 1. The van der Waals surface area contributed by atoms with E-state index in [0.29, 0.717) is 10.8 Å². The largest absolute Gasteiger partial charge is 0.481 e. The van der Waals surface area contributed by atoms with Crippen molar-refractivity contribution in [3.63, 3.8) is 0 Å². The van der Waals surface area contributed by atoms with Gasteiger partial charge in [-0.3, -0.25) is 4.79 Å². The minimum atomic E-state index is -0.612. The quantitative estimate of drug-likeness (QED) is 0.643. The first-order valence-corrected chi connectivity index (χ1v) is 6.66. The molecule has 0 radical (unpaired) electrons. The van der Waals surface area contributed by atoms with Crippen LogP contribution in [0.5, 0.6) is 5.75 Å². The van der Waals surface area contributed by atoms with Crippen LogP contribution in [0.1, 0.15) is 32.3 Å². The number of hydrazone groups is 1. The minimum Gasteiger partial charge on any atom is -0.481 e. The fraction of sp³-hybridized carbons (Fsp3) is 0.429. The topological polar surface area (TPSA) is 50.7 Å². The van der Waals surface area contributed by atoms with Gasteiger partial charge in [0, 0.05) is 11.2 Å². The smallest absolute Gasteiger partial charge is 0.280 e. The summed E-state index contributed by atoms with van der Waals surface area (Å²) in [6.45, 7) is 5.60. The number of hydrogen-bond donors (Lipinski definition) is 1. The number of halogens is 1. The Bertz CT molecular complexity index is 461. The Balaban J connectivity index is 2.54. The molecule has 104 valence electrons. The van der Waals surface area contributed by atoms with Crippen LogP contribution in [0, 0.1) is 6.92 Å². The lowest BCUT2D eigenvalue weighted by atomic mass is 10.2. The first kappa shape index (κ1) is 15.5. The van der Waals surface area contributed by atoms with E-state index in [4.69, 9.17) is 16.3 Å². The predicted octanol–water partition coefficient (Wildman–Crippen LogP) is 3.32. The number of rotatable bonds is 6. The first-order valence-electron chi connectivity index (χ1n) is 6.28. The molecule has 0 aliphatic carbocycles. The molecular formula is C14H19ClN2O2. The number of carbonyl (C=O) groups excluding carboxylic acids is 1. The third-order valence-electron chi connectivity index (χ3n) is 2.49. The van der Waals surface area contributed by atoms with Crippen LogP contribution >= 0.6 is 11.6 Å². The molecule has 0 aliphatic rings. The Morgan fingerprint density at radius 1 is 1.58 bits per heavy atom. The van der Waals surface area contributed by atoms with Crippen molar-refractivity contribution >= 4 is 23.7 Å². The van der Waals surface area contributed by atoms with E-state index >= 15 is 0 Å². The predicted molar refractivity (Wildman–Crippen MR) is 77.8 cm³/mol. The van der Waals surface area contributed by atoms with Crippen molar-refractivity contribution in [3.8, 4) is 5.75 Å². The maximum Gasteiger partial charge on any atom is 0.280 e. The van der Waals surface area contributed by atoms with E-state index in [1.54, 1.807) is 31.3 Å². The van der Waals surface area contributed by atoms with E-state index < -0.39 is 6.10 Å². The van der Waals surface area contributed by atoms with Crippen LogP contribution in [0.3, 0.4) is 0 Å². The van der Waals surface area contributed by atoms with Gasteiger partial charge in [0.25, 0.3) is 5.91 Å². The van der Waals surface area contributed by atoms with E-state index in [9.17, 15) is 4.79 Å². The molecule has 1 aromatic rings. The van der Waals surface area contributed by atoms with Gasteiger partial charge in [0.2, 0.25) is 0 Å². The first-order chi connectivity index (χ1) is 9.04. The normalized spacial score (nSPS) is 12.4. The van der Waals surface area contributed by atoms with Crippen molar-refractivity contribution < 1.29 is 9.53 Å². The van der Waals surface area contributed by atoms with Crippen LogP contribution in [-0.4, -0.2) is 18.2 Å². The van der Waals surface area contributed by atoms with Crippen molar-refractivity contribution in [3.05, 3.63) is 28.8 Å². The SMILES string of the molecule is CCC/C=N\NC(=O)[C@@H](C)Oc1ccc(Cl)cc1C. The number of unbranched alkanes of at least 4 members (excludes halogenated alkanes) is 1. The number of nitrogens with zero attached hydrogens (tertiary/aromatic N) is 1. The number of ether oxygens (including phenoxy) is 1. The lowest BCUT2D eigenvalue weighted by molar-refractivity contribution is -0.127. The molecule has 0 unspecified atom stereocenters. The molecule has 0 bridgehead atoms. The zero-order valence-electron chi connectivity index (χ0n) is 11.4. The Kier molecular flexibility index (Phi) is 6.36. The molecule has 0 fully saturated rings. The highest BCUT2D eigenvalue weighted by Gasteiger charge is 2.14. The summed E-state index contributed by atoms with van der Waals surface area (Å²) in [7, 11) is 0. The van der Waals surface area contributed by atoms with E-state index in [1.807, 2.05) is 13.8 Å². The van der Waals surface area contributed by atoms with Gasteiger partial charge in [-0.1, -0.05) is 24.9 Å². The van der Waals surface area contributed by atoms with E-state index in [1.165, 1.54) is 0 Å². The summed E-state index contributed by atoms with van der Waals surface area (Å²) in [4.78, 5) is 11.7. The summed E-state index contributed by atoms with van der Waals surface area (Å²) in [6, 6.07) is 5.27. The van der Waals surface area contributed by atoms with Gasteiger partial charge in [-0.05, 0) is 44.0 Å². The summed E-state index contributed by atoms with van der Waals surface area (Å²) in [5, 5.41) is 4.48. The fourth-order valence-electron chi connectivity index (χ4n) is 1.38. The van der Waals surface area contributed by atoms with Crippen molar-refractivity contribution in [1.82, 2.24) is 5.43 Å². The van der Waals surface area contributed by atoms with Crippen LogP contribution < -0.4 is 10.2 Å². The van der Waals surface area contributed by atoms with Crippen molar-refractivity contribution in [2.75, 3.05) is 0 Å². The zero-order chi connectivity index (χ0) is 14.3. The Morgan fingerprint density at radius 3 is 2.95 bits per heavy atom. The average molecular weight is 283 g/mol. The van der Waals surface area contributed by atoms with Crippen molar-refractivity contribution in [1.29, 1.82) is 0 Å². The summed E-state index contributed by atoms with van der Waals surface area (Å²) < 4.78 is 5.57. The van der Waals surface area contributed by atoms with Crippen LogP contribution in [0.2, 0.25) is 5.02 Å². The number of benzene rings is 1. The molecule has 0 saturated heterocycles. The van der Waals surface area contributed by atoms with Gasteiger partial charge in [-0.25, -0.2) is 5.43 Å². The molecule has 1 N–H and O–H groups in total. The molecule has 0 aromatic heterocycles. The van der Waals surface area contributed by atoms with Crippen LogP contribution in [-0.2, 0) is 4.79 Å². The van der Waals surface area contributed by atoms with Crippen LogP contribution in [0.25, 0.3) is 0 Å². The summed E-state index contributed by atoms with van der Waals surface area (Å²) in [6.07, 6.45) is 2.90. The molecule has 0 saturated carbocycles. The molecule has 1 rings (SSSR count). The highest BCUT2D eigenvalue weighted by atomic mass is 35.5. The lowest BCUT2D eigenvalue weighted by Crippen LogP contribution is -2.33. The van der Waals surface area contributed by atoms with Gasteiger partial charge in [0.1, 0.15) is 5.75 Å². The average Bonchev–Trinajstić information content (AvgIpc) is 2.37. The van der Waals surface area contributed by atoms with Crippen LogP contribution in [0.15, 0.2) is 23.3 Å². The molecule has 1 amide bonds. The van der Waals surface area contributed by atoms with Crippen LogP contribution in [0.4, 0.5) is 0 Å². The number of hydrogen-bond acceptors (Lipinski definition) is 3. The van der Waals surface area contributed by atoms with E-state index in [2.05, 4.69) is 10.5 Å². The van der Waals surface area contributed by atoms with Crippen molar-refractivity contribution in [2.45, 2.75) is 39.7 Å². The van der Waals surface area contributed by atoms with Crippen molar-refractivity contribution in [2.24, 2.45) is 5.10 Å². The summed E-state index contributed by atoms with van der Waals surface area (Å²) >= 11 is 5.86. The van der Waals surface area contributed by atoms with Gasteiger partial charge in [-0.2, -0.15) is 5.10 Å². The Morgan fingerprint density at radius 2 is 2.32 bits per heavy atom. The third kappa shape index (κ3) is 5.30. The molecule has 0 aliphatic heterocycles. The minimum absolute atomic E-state index is 0.276. The number of nitrogens with one attached hydrogen (secondary N) is 1. The second kappa shape index (κ2) is 7.79. The highest BCUT2D eigenvalue weighted by Crippen LogP contribution is 2.22. The number of aryl methyl sites for hydroxylation is 1. The molecule has 4 nitrogen and oxygen atoms in total. The van der Waals surface area contributed by atoms with Gasteiger partial charge < -0.3 is 4.74 Å².